The van der Waals surface area contributed by atoms with Gasteiger partial charge in [-0.25, -0.2) is 0 Å². The number of hydrogen-bond donors (Lipinski definition) is 1. The molecular formula is C12H18BrN. The Hall–Kier alpha value is -0.340. The van der Waals surface area contributed by atoms with E-state index in [4.69, 9.17) is 0 Å². The van der Waals surface area contributed by atoms with Crippen LogP contribution in [-0.2, 0) is 0 Å². The first kappa shape index (κ1) is 11.7. The Balaban J connectivity index is 2.97. The summed E-state index contributed by atoms with van der Waals surface area (Å²) in [6, 6.07) is 6.91. The van der Waals surface area contributed by atoms with E-state index < -0.39 is 0 Å². The van der Waals surface area contributed by atoms with E-state index in [0.29, 0.717) is 6.04 Å². The standard InChI is InChI=1S/C12H18BrN/c1-4-11(14-5-2)10-8-6-7-9(3)12(10)13/h6-8,11,14H,4-5H2,1-3H3. The molecule has 1 unspecified atom stereocenters. The lowest BCUT2D eigenvalue weighted by atomic mass is 10.0. The molecule has 1 aromatic carbocycles. The molecule has 1 N–H and O–H groups in total. The van der Waals surface area contributed by atoms with Gasteiger partial charge in [-0.1, -0.05) is 48.0 Å². The van der Waals surface area contributed by atoms with E-state index >= 15 is 0 Å². The molecular weight excluding hydrogens is 238 g/mol. The van der Waals surface area contributed by atoms with Crippen molar-refractivity contribution in [1.82, 2.24) is 5.32 Å². The van der Waals surface area contributed by atoms with Crippen molar-refractivity contribution in [3.63, 3.8) is 0 Å². The quantitative estimate of drug-likeness (QED) is 0.863. The van der Waals surface area contributed by atoms with E-state index in [1.54, 1.807) is 0 Å². The molecule has 1 rings (SSSR count). The van der Waals surface area contributed by atoms with E-state index in [1.807, 2.05) is 0 Å². The Kier molecular flexibility index (Phi) is 4.63. The maximum Gasteiger partial charge on any atom is 0.0328 e. The molecule has 0 saturated heterocycles. The van der Waals surface area contributed by atoms with E-state index in [2.05, 4.69) is 60.2 Å². The van der Waals surface area contributed by atoms with Crippen molar-refractivity contribution in [2.75, 3.05) is 6.54 Å². The highest BCUT2D eigenvalue weighted by atomic mass is 79.9. The highest BCUT2D eigenvalue weighted by Gasteiger charge is 2.11. The van der Waals surface area contributed by atoms with Crippen LogP contribution in [0.5, 0.6) is 0 Å². The van der Waals surface area contributed by atoms with Gasteiger partial charge in [-0.2, -0.15) is 0 Å². The van der Waals surface area contributed by atoms with Crippen molar-refractivity contribution in [2.45, 2.75) is 33.2 Å². The van der Waals surface area contributed by atoms with Crippen LogP contribution in [0, 0.1) is 6.92 Å². The topological polar surface area (TPSA) is 12.0 Å². The van der Waals surface area contributed by atoms with Crippen LogP contribution in [0.15, 0.2) is 22.7 Å². The van der Waals surface area contributed by atoms with Crippen LogP contribution in [0.3, 0.4) is 0 Å². The summed E-state index contributed by atoms with van der Waals surface area (Å²) in [5.74, 6) is 0. The van der Waals surface area contributed by atoms with E-state index in [0.717, 1.165) is 13.0 Å². The van der Waals surface area contributed by atoms with Gasteiger partial charge in [0.1, 0.15) is 0 Å². The fourth-order valence-electron chi connectivity index (χ4n) is 1.66. The maximum atomic E-state index is 3.65. The van der Waals surface area contributed by atoms with Crippen molar-refractivity contribution in [2.24, 2.45) is 0 Å². The molecule has 0 saturated carbocycles. The van der Waals surface area contributed by atoms with Crippen LogP contribution in [0.4, 0.5) is 0 Å². The predicted molar refractivity (Wildman–Crippen MR) is 65.6 cm³/mol. The molecule has 0 bridgehead atoms. The molecule has 0 fully saturated rings. The molecule has 0 radical (unpaired) electrons. The predicted octanol–water partition coefficient (Wildman–Crippen LogP) is 3.82. The molecule has 1 atom stereocenters. The molecule has 0 spiro atoms. The van der Waals surface area contributed by atoms with E-state index in [-0.39, 0.29) is 0 Å². The second kappa shape index (κ2) is 5.52. The average molecular weight is 256 g/mol. The number of hydrogen-bond acceptors (Lipinski definition) is 1. The zero-order valence-electron chi connectivity index (χ0n) is 9.10. The molecule has 0 amide bonds. The summed E-state index contributed by atoms with van der Waals surface area (Å²) in [6.45, 7) is 7.50. The summed E-state index contributed by atoms with van der Waals surface area (Å²) in [5.41, 5.74) is 2.67. The molecule has 0 aliphatic carbocycles. The van der Waals surface area contributed by atoms with Crippen LogP contribution in [-0.4, -0.2) is 6.54 Å². The SMILES string of the molecule is CCNC(CC)c1cccc(C)c1Br. The number of rotatable bonds is 4. The number of benzene rings is 1. The molecule has 0 aliphatic heterocycles. The minimum absolute atomic E-state index is 0.467. The van der Waals surface area contributed by atoms with E-state index in [9.17, 15) is 0 Å². The van der Waals surface area contributed by atoms with Gasteiger partial charge in [-0.05, 0) is 31.0 Å². The third-order valence-corrected chi connectivity index (χ3v) is 3.54. The monoisotopic (exact) mass is 255 g/mol. The average Bonchev–Trinajstić information content (AvgIpc) is 2.19. The van der Waals surface area contributed by atoms with Gasteiger partial charge in [0, 0.05) is 10.5 Å². The molecule has 0 heterocycles. The first-order valence-electron chi connectivity index (χ1n) is 5.19. The molecule has 2 heteroatoms. The lowest BCUT2D eigenvalue weighted by molar-refractivity contribution is 0.535. The summed E-state index contributed by atoms with van der Waals surface area (Å²) in [4.78, 5) is 0. The number of halogens is 1. The second-order valence-corrected chi connectivity index (χ2v) is 4.29. The minimum Gasteiger partial charge on any atom is -0.310 e. The third-order valence-electron chi connectivity index (χ3n) is 2.46. The van der Waals surface area contributed by atoms with Crippen molar-refractivity contribution >= 4 is 15.9 Å². The van der Waals surface area contributed by atoms with Gasteiger partial charge in [-0.3, -0.25) is 0 Å². The fourth-order valence-corrected chi connectivity index (χ4v) is 2.20. The van der Waals surface area contributed by atoms with Crippen molar-refractivity contribution in [3.05, 3.63) is 33.8 Å². The summed E-state index contributed by atoms with van der Waals surface area (Å²) in [5, 5.41) is 3.49. The highest BCUT2D eigenvalue weighted by Crippen LogP contribution is 2.28. The fraction of sp³-hybridized carbons (Fsp3) is 0.500. The van der Waals surface area contributed by atoms with Gasteiger partial charge in [0.05, 0.1) is 0 Å². The van der Waals surface area contributed by atoms with Crippen molar-refractivity contribution in [1.29, 1.82) is 0 Å². The van der Waals surface area contributed by atoms with Crippen LogP contribution in [0.25, 0.3) is 0 Å². The van der Waals surface area contributed by atoms with Crippen LogP contribution >= 0.6 is 15.9 Å². The van der Waals surface area contributed by atoms with Gasteiger partial charge in [0.15, 0.2) is 0 Å². The molecule has 0 aromatic heterocycles. The van der Waals surface area contributed by atoms with Crippen LogP contribution < -0.4 is 5.32 Å². The number of aryl methyl sites for hydroxylation is 1. The van der Waals surface area contributed by atoms with Gasteiger partial charge >= 0.3 is 0 Å². The highest BCUT2D eigenvalue weighted by molar-refractivity contribution is 9.10. The van der Waals surface area contributed by atoms with E-state index in [1.165, 1.54) is 15.6 Å². The lowest BCUT2D eigenvalue weighted by Gasteiger charge is -2.18. The van der Waals surface area contributed by atoms with Gasteiger partial charge in [0.2, 0.25) is 0 Å². The Morgan fingerprint density at radius 3 is 2.64 bits per heavy atom. The minimum atomic E-state index is 0.467. The Morgan fingerprint density at radius 2 is 2.07 bits per heavy atom. The third kappa shape index (κ3) is 2.58. The Morgan fingerprint density at radius 1 is 1.36 bits per heavy atom. The first-order chi connectivity index (χ1) is 6.70. The Labute approximate surface area is 95.0 Å². The van der Waals surface area contributed by atoms with Gasteiger partial charge in [-0.15, -0.1) is 0 Å². The summed E-state index contributed by atoms with van der Waals surface area (Å²) in [6.07, 6.45) is 1.12. The summed E-state index contributed by atoms with van der Waals surface area (Å²) in [7, 11) is 0. The summed E-state index contributed by atoms with van der Waals surface area (Å²) < 4.78 is 1.24. The zero-order valence-corrected chi connectivity index (χ0v) is 10.7. The lowest BCUT2D eigenvalue weighted by Crippen LogP contribution is -2.20. The first-order valence-corrected chi connectivity index (χ1v) is 5.98. The maximum absolute atomic E-state index is 3.65. The second-order valence-electron chi connectivity index (χ2n) is 3.50. The molecule has 78 valence electrons. The van der Waals surface area contributed by atoms with Crippen LogP contribution in [0.2, 0.25) is 0 Å². The molecule has 1 nitrogen and oxygen atoms in total. The normalized spacial score (nSPS) is 12.9. The summed E-state index contributed by atoms with van der Waals surface area (Å²) >= 11 is 3.65. The van der Waals surface area contributed by atoms with Crippen molar-refractivity contribution in [3.8, 4) is 0 Å². The molecule has 0 aliphatic rings. The molecule has 14 heavy (non-hydrogen) atoms. The van der Waals surface area contributed by atoms with Gasteiger partial charge in [0.25, 0.3) is 0 Å². The Bertz CT molecular complexity index is 296. The number of nitrogens with one attached hydrogen (secondary N) is 1. The van der Waals surface area contributed by atoms with Crippen LogP contribution in [0.1, 0.15) is 37.4 Å². The van der Waals surface area contributed by atoms with Crippen molar-refractivity contribution < 1.29 is 0 Å². The molecule has 1 aromatic rings. The van der Waals surface area contributed by atoms with Gasteiger partial charge < -0.3 is 5.32 Å². The zero-order chi connectivity index (χ0) is 10.6. The smallest absolute Gasteiger partial charge is 0.0328 e. The largest absolute Gasteiger partial charge is 0.310 e.